The molecule has 0 aromatic carbocycles. The van der Waals surface area contributed by atoms with Crippen LogP contribution in [-0.4, -0.2) is 26.6 Å². The second kappa shape index (κ2) is 7.85. The Labute approximate surface area is 163 Å². The van der Waals surface area contributed by atoms with Crippen LogP contribution in [0.5, 0.6) is 5.75 Å². The summed E-state index contributed by atoms with van der Waals surface area (Å²) in [6.45, 7) is 6.57. The van der Waals surface area contributed by atoms with Crippen LogP contribution in [-0.2, 0) is 6.54 Å². The quantitative estimate of drug-likeness (QED) is 0.546. The second-order valence-corrected chi connectivity index (χ2v) is 6.70. The molecule has 0 aliphatic heterocycles. The zero-order valence-electron chi connectivity index (χ0n) is 15.9. The van der Waals surface area contributed by atoms with E-state index in [0.29, 0.717) is 22.7 Å². The molecule has 3 aromatic rings. The van der Waals surface area contributed by atoms with Gasteiger partial charge in [0.25, 0.3) is 0 Å². The minimum atomic E-state index is 0.131. The zero-order chi connectivity index (χ0) is 19.6. The van der Waals surface area contributed by atoms with Crippen LogP contribution in [0.3, 0.4) is 0 Å². The highest BCUT2D eigenvalue weighted by molar-refractivity contribution is 6.34. The maximum absolute atomic E-state index is 6.35. The normalized spacial score (nSPS) is 10.7. The maximum atomic E-state index is 6.35. The Morgan fingerprint density at radius 3 is 2.78 bits per heavy atom. The van der Waals surface area contributed by atoms with Gasteiger partial charge in [-0.2, -0.15) is 4.98 Å². The van der Waals surface area contributed by atoms with Crippen molar-refractivity contribution in [2.24, 2.45) is 0 Å². The van der Waals surface area contributed by atoms with Crippen molar-refractivity contribution in [1.29, 1.82) is 0 Å². The molecule has 6 nitrogen and oxygen atoms in total. The third-order valence-electron chi connectivity index (χ3n) is 4.36. The standard InChI is InChI=1S/C20H22ClN5O/c1-5-6-7-8-14-10-26(19-16(14)18(21)24-20(22)25-19)11-15-13(3)17(27-4)12(2)9-23-15/h9-10H,5-6,11H2,1-4H3,(H2,22,24,25). The Bertz CT molecular complexity index is 1060. The van der Waals surface area contributed by atoms with E-state index in [-0.39, 0.29) is 5.95 Å². The Morgan fingerprint density at radius 1 is 1.30 bits per heavy atom. The first-order chi connectivity index (χ1) is 13.0. The number of aryl methyl sites for hydroxylation is 1. The van der Waals surface area contributed by atoms with Crippen molar-refractivity contribution in [3.63, 3.8) is 0 Å². The number of pyridine rings is 1. The Kier molecular flexibility index (Phi) is 5.52. The summed E-state index contributed by atoms with van der Waals surface area (Å²) in [5, 5.41) is 1.02. The number of nitrogens with two attached hydrogens (primary N) is 1. The van der Waals surface area contributed by atoms with Crippen LogP contribution in [0.15, 0.2) is 12.4 Å². The Morgan fingerprint density at radius 2 is 2.07 bits per heavy atom. The van der Waals surface area contributed by atoms with Crippen molar-refractivity contribution < 1.29 is 4.74 Å². The van der Waals surface area contributed by atoms with Gasteiger partial charge in [-0.25, -0.2) is 4.98 Å². The van der Waals surface area contributed by atoms with Gasteiger partial charge >= 0.3 is 0 Å². The van der Waals surface area contributed by atoms with Gasteiger partial charge in [0.1, 0.15) is 16.5 Å². The smallest absolute Gasteiger partial charge is 0.223 e. The third-order valence-corrected chi connectivity index (χ3v) is 4.63. The van der Waals surface area contributed by atoms with E-state index in [1.807, 2.05) is 30.8 Å². The fourth-order valence-electron chi connectivity index (χ4n) is 3.05. The third kappa shape index (κ3) is 3.69. The second-order valence-electron chi connectivity index (χ2n) is 6.34. The lowest BCUT2D eigenvalue weighted by Crippen LogP contribution is -2.07. The van der Waals surface area contributed by atoms with Gasteiger partial charge in [0.15, 0.2) is 0 Å². The van der Waals surface area contributed by atoms with Crippen molar-refractivity contribution in [3.8, 4) is 17.6 Å². The molecular weight excluding hydrogens is 362 g/mol. The van der Waals surface area contributed by atoms with Crippen LogP contribution in [0.4, 0.5) is 5.95 Å². The number of hydrogen-bond donors (Lipinski definition) is 1. The number of ether oxygens (including phenoxy) is 1. The Hall–Kier alpha value is -2.78. The number of fused-ring (bicyclic) bond motifs is 1. The first-order valence-corrected chi connectivity index (χ1v) is 9.13. The number of hydrogen-bond acceptors (Lipinski definition) is 5. The van der Waals surface area contributed by atoms with Crippen LogP contribution in [0.1, 0.15) is 42.1 Å². The average molecular weight is 384 g/mol. The van der Waals surface area contributed by atoms with Crippen molar-refractivity contribution in [3.05, 3.63) is 39.9 Å². The van der Waals surface area contributed by atoms with E-state index >= 15 is 0 Å². The van der Waals surface area contributed by atoms with E-state index in [0.717, 1.165) is 41.0 Å². The molecule has 2 N–H and O–H groups in total. The molecule has 0 saturated carbocycles. The first-order valence-electron chi connectivity index (χ1n) is 8.76. The highest BCUT2D eigenvalue weighted by Gasteiger charge is 2.17. The monoisotopic (exact) mass is 383 g/mol. The molecule has 0 fully saturated rings. The van der Waals surface area contributed by atoms with E-state index in [4.69, 9.17) is 22.1 Å². The van der Waals surface area contributed by atoms with Gasteiger partial charge in [0, 0.05) is 29.9 Å². The van der Waals surface area contributed by atoms with Gasteiger partial charge in [-0.05, 0) is 20.3 Å². The molecule has 3 aromatic heterocycles. The van der Waals surface area contributed by atoms with Gasteiger partial charge < -0.3 is 15.0 Å². The van der Waals surface area contributed by atoms with Crippen molar-refractivity contribution >= 4 is 28.6 Å². The van der Waals surface area contributed by atoms with Crippen LogP contribution >= 0.6 is 11.6 Å². The first kappa shape index (κ1) is 19.0. The predicted molar refractivity (Wildman–Crippen MR) is 108 cm³/mol. The summed E-state index contributed by atoms with van der Waals surface area (Å²) >= 11 is 6.35. The lowest BCUT2D eigenvalue weighted by atomic mass is 10.1. The molecule has 3 rings (SSSR count). The largest absolute Gasteiger partial charge is 0.496 e. The van der Waals surface area contributed by atoms with Crippen molar-refractivity contribution in [2.75, 3.05) is 12.8 Å². The highest BCUT2D eigenvalue weighted by atomic mass is 35.5. The molecule has 0 atom stereocenters. The minimum absolute atomic E-state index is 0.131. The van der Waals surface area contributed by atoms with Crippen LogP contribution in [0.2, 0.25) is 5.15 Å². The van der Waals surface area contributed by atoms with Crippen molar-refractivity contribution in [2.45, 2.75) is 40.2 Å². The molecule has 0 bridgehead atoms. The van der Waals surface area contributed by atoms with Crippen LogP contribution in [0, 0.1) is 25.7 Å². The number of halogens is 1. The summed E-state index contributed by atoms with van der Waals surface area (Å²) in [5.41, 5.74) is 10.1. The molecule has 7 heteroatoms. The van der Waals surface area contributed by atoms with Gasteiger partial charge in [-0.1, -0.05) is 30.4 Å². The van der Waals surface area contributed by atoms with E-state index in [1.165, 1.54) is 0 Å². The van der Waals surface area contributed by atoms with Crippen LogP contribution in [0.25, 0.3) is 11.0 Å². The predicted octanol–water partition coefficient (Wildman–Crippen LogP) is 3.89. The highest BCUT2D eigenvalue weighted by Crippen LogP contribution is 2.29. The molecule has 0 radical (unpaired) electrons. The van der Waals surface area contributed by atoms with Crippen molar-refractivity contribution in [1.82, 2.24) is 19.5 Å². The maximum Gasteiger partial charge on any atom is 0.223 e. The summed E-state index contributed by atoms with van der Waals surface area (Å²) in [5.74, 6) is 7.31. The summed E-state index contributed by atoms with van der Waals surface area (Å²) in [7, 11) is 1.67. The fraction of sp³-hybridized carbons (Fsp3) is 0.350. The molecule has 0 aliphatic carbocycles. The van der Waals surface area contributed by atoms with E-state index < -0.39 is 0 Å². The number of nitrogen functional groups attached to an aromatic ring is 1. The molecule has 0 spiro atoms. The number of nitrogens with zero attached hydrogens (tertiary/aromatic N) is 4. The molecule has 27 heavy (non-hydrogen) atoms. The molecular formula is C20H22ClN5O. The van der Waals surface area contributed by atoms with E-state index in [2.05, 4.69) is 33.7 Å². The van der Waals surface area contributed by atoms with E-state index in [9.17, 15) is 0 Å². The van der Waals surface area contributed by atoms with E-state index in [1.54, 1.807) is 7.11 Å². The summed E-state index contributed by atoms with van der Waals surface area (Å²) in [4.78, 5) is 13.0. The van der Waals surface area contributed by atoms with Gasteiger partial charge in [-0.15, -0.1) is 0 Å². The summed E-state index contributed by atoms with van der Waals surface area (Å²) in [6.07, 6.45) is 5.55. The average Bonchev–Trinajstić information content (AvgIpc) is 2.96. The number of anilines is 1. The molecule has 0 aliphatic rings. The molecule has 140 valence electrons. The summed E-state index contributed by atoms with van der Waals surface area (Å²) in [6, 6.07) is 0. The Balaban J connectivity index is 2.14. The number of aromatic nitrogens is 4. The lowest BCUT2D eigenvalue weighted by Gasteiger charge is -2.13. The molecule has 0 amide bonds. The van der Waals surface area contributed by atoms with Crippen LogP contribution < -0.4 is 10.5 Å². The number of unbranched alkanes of at least 4 members (excludes halogenated alkanes) is 1. The lowest BCUT2D eigenvalue weighted by molar-refractivity contribution is 0.406. The fourth-order valence-corrected chi connectivity index (χ4v) is 3.32. The summed E-state index contributed by atoms with van der Waals surface area (Å²) < 4.78 is 7.47. The minimum Gasteiger partial charge on any atom is -0.496 e. The van der Waals surface area contributed by atoms with Gasteiger partial charge in [-0.3, -0.25) is 4.98 Å². The topological polar surface area (TPSA) is 78.8 Å². The SMILES string of the molecule is CCCC#Cc1cn(Cc2ncc(C)c(OC)c2C)c2nc(N)nc(Cl)c12. The molecule has 0 saturated heterocycles. The number of methoxy groups -OCH3 is 1. The molecule has 3 heterocycles. The van der Waals surface area contributed by atoms with Gasteiger partial charge in [0.05, 0.1) is 30.3 Å². The molecule has 0 unspecified atom stereocenters. The van der Waals surface area contributed by atoms with Gasteiger partial charge in [0.2, 0.25) is 5.95 Å². The number of rotatable bonds is 4. The zero-order valence-corrected chi connectivity index (χ0v) is 16.7.